The van der Waals surface area contributed by atoms with Crippen molar-refractivity contribution in [2.45, 2.75) is 71.4 Å². The van der Waals surface area contributed by atoms with Gasteiger partial charge in [0.2, 0.25) is 10.0 Å². The number of methoxy groups -OCH3 is 1. The Kier molecular flexibility index (Phi) is 7.33. The molecule has 1 aromatic heterocycles. The lowest BCUT2D eigenvalue weighted by Crippen LogP contribution is -2.27. The van der Waals surface area contributed by atoms with Crippen LogP contribution in [-0.2, 0) is 21.0 Å². The fourth-order valence-corrected chi connectivity index (χ4v) is 6.05. The van der Waals surface area contributed by atoms with Crippen molar-refractivity contribution in [3.63, 3.8) is 0 Å². The van der Waals surface area contributed by atoms with Crippen LogP contribution in [0.2, 0.25) is 0 Å². The molecule has 3 aromatic rings. The molecule has 0 bridgehead atoms. The van der Waals surface area contributed by atoms with Crippen LogP contribution < -0.4 is 19.8 Å². The molecule has 2 heterocycles. The Balaban J connectivity index is 1.42. The van der Waals surface area contributed by atoms with Gasteiger partial charge < -0.3 is 14.6 Å². The molecule has 2 aliphatic rings. The lowest BCUT2D eigenvalue weighted by Gasteiger charge is -2.26. The molecule has 0 radical (unpaired) electrons. The van der Waals surface area contributed by atoms with Gasteiger partial charge in [-0.3, -0.25) is 9.52 Å². The minimum absolute atomic E-state index is 0.0745. The number of aryl methyl sites for hydroxylation is 2. The number of anilines is 3. The second-order valence-corrected chi connectivity index (χ2v) is 14.3. The number of rotatable bonds is 8. The second-order valence-electron chi connectivity index (χ2n) is 12.5. The molecule has 1 amide bonds. The van der Waals surface area contributed by atoms with E-state index in [1.165, 1.54) is 7.11 Å². The van der Waals surface area contributed by atoms with Gasteiger partial charge >= 0.3 is 0 Å². The van der Waals surface area contributed by atoms with Gasteiger partial charge in [-0.15, -0.1) is 0 Å². The average Bonchev–Trinajstić information content (AvgIpc) is 3.27. The van der Waals surface area contributed by atoms with Crippen molar-refractivity contribution in [3.8, 4) is 5.75 Å². The molecule has 12 heteroatoms. The maximum atomic E-state index is 13.6. The van der Waals surface area contributed by atoms with Gasteiger partial charge in [0.05, 0.1) is 48.9 Å². The number of imidazole rings is 1. The third-order valence-corrected chi connectivity index (χ3v) is 8.50. The van der Waals surface area contributed by atoms with Crippen LogP contribution in [0, 0.1) is 13.8 Å². The number of benzene rings is 2. The van der Waals surface area contributed by atoms with E-state index in [2.05, 4.69) is 57.6 Å². The summed E-state index contributed by atoms with van der Waals surface area (Å²) in [5, 5.41) is 13.8. The molecule has 5 rings (SSSR count). The standard InChI is InChI=1S/C30H39N7O4S/c1-18-9-10-20(13-25(18)36-17-24(33-35-36)26-16-31-19(2)37(26)29(3,4)5)28(38)32-22-14-21(30(6)11-12-30)15-23(27(22)41-7)34-42(8,39)40/h9-10,13-16,24,34H,11-12,17H2,1-8H3,(H,32,38). The van der Waals surface area contributed by atoms with Crippen LogP contribution in [0.15, 0.2) is 46.9 Å². The van der Waals surface area contributed by atoms with E-state index >= 15 is 0 Å². The highest BCUT2D eigenvalue weighted by Gasteiger charge is 2.40. The van der Waals surface area contributed by atoms with E-state index in [4.69, 9.17) is 4.74 Å². The monoisotopic (exact) mass is 593 g/mol. The normalized spacial score (nSPS) is 17.8. The SMILES string of the molecule is COc1c(NC(=O)c2ccc(C)c(N3CC(c4cnc(C)n4C(C)(C)C)N=N3)c2)cc(C2(C)CC2)cc1NS(C)(=O)=O. The van der Waals surface area contributed by atoms with Gasteiger partial charge in [-0.05, 0) is 88.3 Å². The molecule has 42 heavy (non-hydrogen) atoms. The molecule has 11 nitrogen and oxygen atoms in total. The largest absolute Gasteiger partial charge is 0.492 e. The van der Waals surface area contributed by atoms with E-state index in [0.717, 1.165) is 47.4 Å². The lowest BCUT2D eigenvalue weighted by atomic mass is 9.96. The Hall–Kier alpha value is -3.93. The minimum atomic E-state index is -3.58. The average molecular weight is 594 g/mol. The Morgan fingerprint density at radius 1 is 1.12 bits per heavy atom. The van der Waals surface area contributed by atoms with Gasteiger partial charge in [-0.25, -0.2) is 18.4 Å². The van der Waals surface area contributed by atoms with Crippen LogP contribution in [0.3, 0.4) is 0 Å². The number of sulfonamides is 1. The summed E-state index contributed by atoms with van der Waals surface area (Å²) in [6, 6.07) is 8.89. The zero-order valence-corrected chi connectivity index (χ0v) is 26.3. The Labute approximate surface area is 247 Å². The van der Waals surface area contributed by atoms with Crippen LogP contribution >= 0.6 is 0 Å². The third-order valence-electron chi connectivity index (χ3n) is 7.91. The highest BCUT2D eigenvalue weighted by Crippen LogP contribution is 2.51. The van der Waals surface area contributed by atoms with Gasteiger partial charge in [0.1, 0.15) is 11.9 Å². The molecule has 1 aliphatic carbocycles. The number of amides is 1. The van der Waals surface area contributed by atoms with Crippen molar-refractivity contribution in [1.29, 1.82) is 0 Å². The molecule has 0 spiro atoms. The number of carbonyl (C=O) groups excluding carboxylic acids is 1. The van der Waals surface area contributed by atoms with Crippen molar-refractivity contribution in [1.82, 2.24) is 9.55 Å². The highest BCUT2D eigenvalue weighted by molar-refractivity contribution is 7.92. The van der Waals surface area contributed by atoms with Crippen molar-refractivity contribution < 1.29 is 17.9 Å². The predicted octanol–water partition coefficient (Wildman–Crippen LogP) is 5.87. The van der Waals surface area contributed by atoms with Gasteiger partial charge in [-0.1, -0.05) is 18.2 Å². The summed E-state index contributed by atoms with van der Waals surface area (Å²) in [5.74, 6) is 0.814. The summed E-state index contributed by atoms with van der Waals surface area (Å²) in [6.45, 7) is 13.0. The summed E-state index contributed by atoms with van der Waals surface area (Å²) >= 11 is 0. The number of aromatic nitrogens is 2. The quantitative estimate of drug-likeness (QED) is 0.336. The van der Waals surface area contributed by atoms with Crippen LogP contribution in [0.1, 0.15) is 79.6 Å². The molecule has 1 fully saturated rings. The molecule has 1 atom stereocenters. The van der Waals surface area contributed by atoms with E-state index in [1.807, 2.05) is 37.2 Å². The molecule has 1 aliphatic heterocycles. The predicted molar refractivity (Wildman–Crippen MR) is 164 cm³/mol. The second kappa shape index (κ2) is 10.4. The van der Waals surface area contributed by atoms with Crippen LogP contribution in [0.5, 0.6) is 5.75 Å². The molecule has 0 saturated heterocycles. The van der Waals surface area contributed by atoms with Crippen LogP contribution in [0.4, 0.5) is 17.1 Å². The number of nitrogens with one attached hydrogen (secondary N) is 2. The summed E-state index contributed by atoms with van der Waals surface area (Å²) in [7, 11) is -2.13. The number of hydrogen-bond acceptors (Lipinski definition) is 8. The summed E-state index contributed by atoms with van der Waals surface area (Å²) in [4.78, 5) is 18.1. The zero-order chi connectivity index (χ0) is 30.6. The fraction of sp³-hybridized carbons (Fsp3) is 0.467. The number of ether oxygens (including phenoxy) is 1. The lowest BCUT2D eigenvalue weighted by molar-refractivity contribution is 0.102. The molecule has 2 N–H and O–H groups in total. The summed E-state index contributed by atoms with van der Waals surface area (Å²) in [6.07, 6.45) is 4.91. The van der Waals surface area contributed by atoms with Crippen LogP contribution in [0.25, 0.3) is 0 Å². The number of carbonyl (C=O) groups is 1. The highest BCUT2D eigenvalue weighted by atomic mass is 32.2. The fourth-order valence-electron chi connectivity index (χ4n) is 5.50. The first-order chi connectivity index (χ1) is 19.6. The van der Waals surface area contributed by atoms with E-state index < -0.39 is 10.0 Å². The van der Waals surface area contributed by atoms with E-state index in [9.17, 15) is 13.2 Å². The van der Waals surface area contributed by atoms with E-state index in [0.29, 0.717) is 23.5 Å². The summed E-state index contributed by atoms with van der Waals surface area (Å²) < 4.78 is 34.5. The first kappa shape index (κ1) is 29.6. The van der Waals surface area contributed by atoms with Crippen molar-refractivity contribution in [2.75, 3.05) is 35.0 Å². The Bertz CT molecular complexity index is 1680. The molecule has 2 aromatic carbocycles. The molecule has 1 saturated carbocycles. The van der Waals surface area contributed by atoms with E-state index in [1.54, 1.807) is 18.2 Å². The number of hydrogen-bond donors (Lipinski definition) is 2. The van der Waals surface area contributed by atoms with Gasteiger partial charge in [-0.2, -0.15) is 5.11 Å². The first-order valence-corrected chi connectivity index (χ1v) is 15.8. The molecular formula is C30H39N7O4S. The summed E-state index contributed by atoms with van der Waals surface area (Å²) in [5.41, 5.74) is 4.54. The van der Waals surface area contributed by atoms with Crippen molar-refractivity contribution >= 4 is 33.0 Å². The maximum absolute atomic E-state index is 13.6. The van der Waals surface area contributed by atoms with Crippen molar-refractivity contribution in [3.05, 3.63) is 64.7 Å². The first-order valence-electron chi connectivity index (χ1n) is 13.9. The maximum Gasteiger partial charge on any atom is 0.255 e. The van der Waals surface area contributed by atoms with Gasteiger partial charge in [0, 0.05) is 11.1 Å². The Morgan fingerprint density at radius 2 is 1.81 bits per heavy atom. The van der Waals surface area contributed by atoms with Gasteiger partial charge in [0.25, 0.3) is 5.91 Å². The van der Waals surface area contributed by atoms with E-state index in [-0.39, 0.29) is 28.7 Å². The third kappa shape index (κ3) is 5.85. The smallest absolute Gasteiger partial charge is 0.255 e. The molecule has 224 valence electrons. The Morgan fingerprint density at radius 3 is 2.43 bits per heavy atom. The molecular weight excluding hydrogens is 554 g/mol. The zero-order valence-electron chi connectivity index (χ0n) is 25.4. The van der Waals surface area contributed by atoms with Crippen molar-refractivity contribution in [2.24, 2.45) is 10.3 Å². The minimum Gasteiger partial charge on any atom is -0.492 e. The van der Waals surface area contributed by atoms with Crippen LogP contribution in [-0.4, -0.2) is 43.8 Å². The van der Waals surface area contributed by atoms with Gasteiger partial charge in [0.15, 0.2) is 5.75 Å². The molecule has 1 unspecified atom stereocenters. The number of nitrogens with zero attached hydrogens (tertiary/aromatic N) is 5. The topological polar surface area (TPSA) is 130 Å².